The SMILES string of the molecule is CCC(SC1=Nc2ccc(C)cc2CS1)C(=O)NC. The van der Waals surface area contributed by atoms with Crippen LogP contribution < -0.4 is 5.32 Å². The average Bonchev–Trinajstić information content (AvgIpc) is 2.44. The number of nitrogens with zero attached hydrogens (tertiary/aromatic N) is 1. The van der Waals surface area contributed by atoms with E-state index in [-0.39, 0.29) is 11.2 Å². The van der Waals surface area contributed by atoms with Gasteiger partial charge in [-0.25, -0.2) is 4.99 Å². The van der Waals surface area contributed by atoms with Crippen LogP contribution in [0.1, 0.15) is 24.5 Å². The van der Waals surface area contributed by atoms with Crippen LogP contribution in [0.25, 0.3) is 0 Å². The van der Waals surface area contributed by atoms with Crippen molar-refractivity contribution in [1.29, 1.82) is 0 Å². The zero-order valence-electron chi connectivity index (χ0n) is 11.4. The molecule has 1 heterocycles. The van der Waals surface area contributed by atoms with Crippen LogP contribution in [0.4, 0.5) is 5.69 Å². The Bertz CT molecular complexity index is 514. The maximum absolute atomic E-state index is 11.7. The highest BCUT2D eigenvalue weighted by Gasteiger charge is 2.21. The Labute approximate surface area is 122 Å². The number of benzene rings is 1. The molecule has 1 N–H and O–H groups in total. The zero-order chi connectivity index (χ0) is 13.8. The number of thioether (sulfide) groups is 2. The van der Waals surface area contributed by atoms with Crippen molar-refractivity contribution in [2.75, 3.05) is 7.05 Å². The molecular formula is C14H18N2OS2. The molecule has 0 bridgehead atoms. The van der Waals surface area contributed by atoms with Gasteiger partial charge in [-0.3, -0.25) is 4.79 Å². The molecule has 1 atom stereocenters. The minimum absolute atomic E-state index is 0.0525. The molecule has 5 heteroatoms. The van der Waals surface area contributed by atoms with Crippen molar-refractivity contribution in [3.63, 3.8) is 0 Å². The lowest BCUT2D eigenvalue weighted by Crippen LogP contribution is -2.29. The van der Waals surface area contributed by atoms with E-state index in [1.54, 1.807) is 30.6 Å². The second-order valence-electron chi connectivity index (χ2n) is 4.43. The molecule has 2 rings (SSSR count). The second kappa shape index (κ2) is 6.48. The predicted molar refractivity (Wildman–Crippen MR) is 85.3 cm³/mol. The number of rotatable bonds is 3. The molecule has 1 aliphatic rings. The van der Waals surface area contributed by atoms with Gasteiger partial charge in [-0.2, -0.15) is 0 Å². The molecule has 1 unspecified atom stereocenters. The zero-order valence-corrected chi connectivity index (χ0v) is 13.0. The Kier molecular flexibility index (Phi) is 4.93. The fraction of sp³-hybridized carbons (Fsp3) is 0.429. The lowest BCUT2D eigenvalue weighted by molar-refractivity contribution is -0.120. The summed E-state index contributed by atoms with van der Waals surface area (Å²) in [5.41, 5.74) is 3.59. The topological polar surface area (TPSA) is 41.5 Å². The van der Waals surface area contributed by atoms with Gasteiger partial charge in [0.2, 0.25) is 5.91 Å². The molecule has 1 amide bonds. The van der Waals surface area contributed by atoms with Gasteiger partial charge in [0.15, 0.2) is 0 Å². The van der Waals surface area contributed by atoms with Gasteiger partial charge in [0.1, 0.15) is 4.38 Å². The van der Waals surface area contributed by atoms with Crippen molar-refractivity contribution in [1.82, 2.24) is 5.32 Å². The number of hydrogen-bond acceptors (Lipinski definition) is 4. The molecule has 3 nitrogen and oxygen atoms in total. The third kappa shape index (κ3) is 3.54. The van der Waals surface area contributed by atoms with E-state index >= 15 is 0 Å². The second-order valence-corrected chi connectivity index (χ2v) is 6.84. The third-order valence-corrected chi connectivity index (χ3v) is 5.51. The largest absolute Gasteiger partial charge is 0.358 e. The van der Waals surface area contributed by atoms with Gasteiger partial charge >= 0.3 is 0 Å². The van der Waals surface area contributed by atoms with Gasteiger partial charge in [0, 0.05) is 12.8 Å². The first kappa shape index (κ1) is 14.5. The molecule has 1 aliphatic heterocycles. The molecule has 0 radical (unpaired) electrons. The van der Waals surface area contributed by atoms with Gasteiger partial charge in [0.25, 0.3) is 0 Å². The van der Waals surface area contributed by atoms with Crippen molar-refractivity contribution < 1.29 is 4.79 Å². The van der Waals surface area contributed by atoms with E-state index in [0.717, 1.165) is 22.2 Å². The highest BCUT2D eigenvalue weighted by molar-refractivity contribution is 8.39. The molecule has 1 aromatic carbocycles. The van der Waals surface area contributed by atoms with Crippen LogP contribution in [-0.4, -0.2) is 22.6 Å². The summed E-state index contributed by atoms with van der Waals surface area (Å²) in [7, 11) is 1.68. The molecule has 0 saturated heterocycles. The van der Waals surface area contributed by atoms with Crippen molar-refractivity contribution in [3.8, 4) is 0 Å². The van der Waals surface area contributed by atoms with Gasteiger partial charge in [-0.05, 0) is 25.0 Å². The summed E-state index contributed by atoms with van der Waals surface area (Å²) in [6.07, 6.45) is 0.810. The highest BCUT2D eigenvalue weighted by atomic mass is 32.2. The fourth-order valence-corrected chi connectivity index (χ4v) is 4.13. The third-order valence-electron chi connectivity index (χ3n) is 2.95. The summed E-state index contributed by atoms with van der Waals surface area (Å²) in [4.78, 5) is 16.4. The predicted octanol–water partition coefficient (Wildman–Crippen LogP) is 3.49. The summed E-state index contributed by atoms with van der Waals surface area (Å²) in [6.45, 7) is 4.12. The van der Waals surface area contributed by atoms with E-state index in [2.05, 4.69) is 35.4 Å². The van der Waals surface area contributed by atoms with E-state index < -0.39 is 0 Å². The van der Waals surface area contributed by atoms with Crippen LogP contribution in [0.15, 0.2) is 23.2 Å². The number of hydrogen-bond donors (Lipinski definition) is 1. The smallest absolute Gasteiger partial charge is 0.233 e. The van der Waals surface area contributed by atoms with Crippen LogP contribution >= 0.6 is 23.5 Å². The monoisotopic (exact) mass is 294 g/mol. The van der Waals surface area contributed by atoms with E-state index in [9.17, 15) is 4.79 Å². The summed E-state index contributed by atoms with van der Waals surface area (Å²) >= 11 is 3.29. The van der Waals surface area contributed by atoms with Crippen LogP contribution in [0.3, 0.4) is 0 Å². The first-order chi connectivity index (χ1) is 9.13. The van der Waals surface area contributed by atoms with Crippen LogP contribution in [0, 0.1) is 6.92 Å². The minimum atomic E-state index is -0.0525. The molecule has 102 valence electrons. The standard InChI is InChI=1S/C14H18N2OS2/c1-4-12(13(17)15-3)19-14-16-11-6-5-9(2)7-10(11)8-18-14/h5-7,12H,4,8H2,1-3H3,(H,15,17). The number of carbonyl (C=O) groups excluding carboxylic acids is 1. The van der Waals surface area contributed by atoms with E-state index in [1.807, 2.05) is 6.92 Å². The molecule has 0 aliphatic carbocycles. The van der Waals surface area contributed by atoms with Crippen molar-refractivity contribution >= 4 is 39.5 Å². The molecule has 0 spiro atoms. The van der Waals surface area contributed by atoms with Gasteiger partial charge < -0.3 is 5.32 Å². The van der Waals surface area contributed by atoms with Crippen LogP contribution in [0.2, 0.25) is 0 Å². The summed E-state index contributed by atoms with van der Waals surface area (Å²) in [5.74, 6) is 1.01. The van der Waals surface area contributed by atoms with Crippen LogP contribution in [0.5, 0.6) is 0 Å². The van der Waals surface area contributed by atoms with Gasteiger partial charge in [0.05, 0.1) is 10.9 Å². The number of amides is 1. The number of nitrogens with one attached hydrogen (secondary N) is 1. The Morgan fingerprint density at radius 2 is 2.37 bits per heavy atom. The van der Waals surface area contributed by atoms with E-state index in [1.165, 1.54) is 11.1 Å². The normalized spacial score (nSPS) is 15.4. The van der Waals surface area contributed by atoms with Crippen molar-refractivity contribution in [2.24, 2.45) is 4.99 Å². The number of aryl methyl sites for hydroxylation is 1. The number of aliphatic imine (C=N–C) groups is 1. The summed E-state index contributed by atoms with van der Waals surface area (Å²) in [5, 5.41) is 2.66. The summed E-state index contributed by atoms with van der Waals surface area (Å²) < 4.78 is 0.992. The Balaban J connectivity index is 2.14. The molecule has 0 aromatic heterocycles. The fourth-order valence-electron chi connectivity index (χ4n) is 1.87. The maximum atomic E-state index is 11.7. The summed E-state index contributed by atoms with van der Waals surface area (Å²) in [6, 6.07) is 6.33. The van der Waals surface area contributed by atoms with E-state index in [4.69, 9.17) is 0 Å². The van der Waals surface area contributed by atoms with Crippen molar-refractivity contribution in [2.45, 2.75) is 31.3 Å². The quantitative estimate of drug-likeness (QED) is 0.928. The average molecular weight is 294 g/mol. The minimum Gasteiger partial charge on any atom is -0.358 e. The van der Waals surface area contributed by atoms with Crippen molar-refractivity contribution in [3.05, 3.63) is 29.3 Å². The Morgan fingerprint density at radius 1 is 1.58 bits per heavy atom. The van der Waals surface area contributed by atoms with Gasteiger partial charge in [-0.1, -0.05) is 48.1 Å². The van der Waals surface area contributed by atoms with Gasteiger partial charge in [-0.15, -0.1) is 0 Å². The molecular weight excluding hydrogens is 276 g/mol. The maximum Gasteiger partial charge on any atom is 0.233 e. The lowest BCUT2D eigenvalue weighted by Gasteiger charge is -2.18. The van der Waals surface area contributed by atoms with Crippen LogP contribution in [-0.2, 0) is 10.5 Å². The lowest BCUT2D eigenvalue weighted by atomic mass is 10.1. The first-order valence-electron chi connectivity index (χ1n) is 6.33. The highest BCUT2D eigenvalue weighted by Crippen LogP contribution is 2.36. The first-order valence-corrected chi connectivity index (χ1v) is 8.19. The van der Waals surface area contributed by atoms with E-state index in [0.29, 0.717) is 0 Å². The number of fused-ring (bicyclic) bond motifs is 1. The Hall–Kier alpha value is -0.940. The molecule has 0 fully saturated rings. The molecule has 0 saturated carbocycles. The molecule has 1 aromatic rings. The number of carbonyl (C=O) groups is 1. The molecule has 19 heavy (non-hydrogen) atoms. The Morgan fingerprint density at radius 3 is 3.05 bits per heavy atom.